The summed E-state index contributed by atoms with van der Waals surface area (Å²) in [4.78, 5) is 13.7. The zero-order valence-electron chi connectivity index (χ0n) is 13.3. The minimum absolute atomic E-state index is 0.121. The highest BCUT2D eigenvalue weighted by molar-refractivity contribution is 9.10. The highest BCUT2D eigenvalue weighted by Gasteiger charge is 2.24. The lowest BCUT2D eigenvalue weighted by molar-refractivity contribution is -0.144. The third kappa shape index (κ3) is 4.99. The molecule has 4 nitrogen and oxygen atoms in total. The van der Waals surface area contributed by atoms with Crippen LogP contribution in [-0.2, 0) is 9.53 Å². The Labute approximate surface area is 140 Å². The number of hydrogen-bond acceptors (Lipinski definition) is 4. The molecule has 0 radical (unpaired) electrons. The molecule has 5 heteroatoms. The van der Waals surface area contributed by atoms with Gasteiger partial charge in [0.15, 0.2) is 0 Å². The van der Waals surface area contributed by atoms with Crippen LogP contribution in [0.5, 0.6) is 5.75 Å². The van der Waals surface area contributed by atoms with E-state index < -0.39 is 0 Å². The van der Waals surface area contributed by atoms with Gasteiger partial charge in [0, 0.05) is 16.6 Å². The number of likely N-dealkylation sites (tertiary alicyclic amines) is 1. The Morgan fingerprint density at radius 3 is 3.05 bits per heavy atom. The van der Waals surface area contributed by atoms with Crippen molar-refractivity contribution in [2.45, 2.75) is 26.7 Å². The second-order valence-corrected chi connectivity index (χ2v) is 6.55. The van der Waals surface area contributed by atoms with Crippen LogP contribution in [0.15, 0.2) is 22.7 Å². The molecule has 22 heavy (non-hydrogen) atoms. The molecule has 0 bridgehead atoms. The van der Waals surface area contributed by atoms with Gasteiger partial charge in [0.05, 0.1) is 19.8 Å². The Balaban J connectivity index is 1.70. The second kappa shape index (κ2) is 8.53. The molecule has 122 valence electrons. The summed E-state index contributed by atoms with van der Waals surface area (Å²) in [6.07, 6.45) is 2.14. The molecule has 0 amide bonds. The van der Waals surface area contributed by atoms with Crippen molar-refractivity contribution in [2.75, 3.05) is 32.8 Å². The van der Waals surface area contributed by atoms with Gasteiger partial charge in [0.2, 0.25) is 0 Å². The van der Waals surface area contributed by atoms with E-state index in [1.165, 1.54) is 0 Å². The number of esters is 1. The highest BCUT2D eigenvalue weighted by Crippen LogP contribution is 2.26. The number of carbonyl (C=O) groups excluding carboxylic acids is 1. The Bertz CT molecular complexity index is 507. The number of benzene rings is 1. The number of nitrogens with zero attached hydrogens (tertiary/aromatic N) is 1. The first-order chi connectivity index (χ1) is 10.6. The third-order valence-corrected chi connectivity index (χ3v) is 4.89. The largest absolute Gasteiger partial charge is 0.493 e. The van der Waals surface area contributed by atoms with Gasteiger partial charge in [-0.2, -0.15) is 0 Å². The molecule has 1 aromatic carbocycles. The van der Waals surface area contributed by atoms with Gasteiger partial charge in [-0.1, -0.05) is 22.0 Å². The second-order valence-electron chi connectivity index (χ2n) is 5.69. The first-order valence-corrected chi connectivity index (χ1v) is 8.65. The molecule has 1 aliphatic heterocycles. The fourth-order valence-electron chi connectivity index (χ4n) is 2.76. The maximum Gasteiger partial charge on any atom is 0.320 e. The van der Waals surface area contributed by atoms with Crippen molar-refractivity contribution in [3.8, 4) is 5.75 Å². The van der Waals surface area contributed by atoms with Gasteiger partial charge in [-0.25, -0.2) is 0 Å². The maximum atomic E-state index is 11.5. The Hall–Kier alpha value is -1.07. The van der Waals surface area contributed by atoms with Gasteiger partial charge in [-0.05, 0) is 51.3 Å². The fourth-order valence-corrected chi connectivity index (χ4v) is 3.11. The Kier molecular flexibility index (Phi) is 6.70. The van der Waals surface area contributed by atoms with Gasteiger partial charge in [0.1, 0.15) is 5.75 Å². The quantitative estimate of drug-likeness (QED) is 0.690. The zero-order chi connectivity index (χ0) is 15.9. The first-order valence-electron chi connectivity index (χ1n) is 7.86. The number of carbonyl (C=O) groups is 1. The third-order valence-electron chi connectivity index (χ3n) is 4.03. The number of halogens is 1. The molecule has 0 spiro atoms. The number of ether oxygens (including phenoxy) is 2. The molecular weight excluding hydrogens is 346 g/mol. The number of rotatable bonds is 7. The van der Waals surface area contributed by atoms with E-state index in [1.54, 1.807) is 0 Å². The van der Waals surface area contributed by atoms with E-state index in [0.29, 0.717) is 19.1 Å². The van der Waals surface area contributed by atoms with Crippen LogP contribution in [0.3, 0.4) is 0 Å². The molecule has 0 saturated carbocycles. The molecular formula is C17H24BrNO3. The van der Waals surface area contributed by atoms with Crippen LogP contribution < -0.4 is 4.74 Å². The van der Waals surface area contributed by atoms with E-state index in [4.69, 9.17) is 9.47 Å². The van der Waals surface area contributed by atoms with E-state index in [-0.39, 0.29) is 5.97 Å². The Morgan fingerprint density at radius 1 is 1.45 bits per heavy atom. The summed E-state index contributed by atoms with van der Waals surface area (Å²) in [6, 6.07) is 6.01. The molecule has 1 fully saturated rings. The molecule has 0 aliphatic carbocycles. The van der Waals surface area contributed by atoms with E-state index in [9.17, 15) is 4.79 Å². The highest BCUT2D eigenvalue weighted by atomic mass is 79.9. The predicted octanol–water partition coefficient (Wildman–Crippen LogP) is 3.41. The summed E-state index contributed by atoms with van der Waals surface area (Å²) in [5, 5.41) is 0. The lowest BCUT2D eigenvalue weighted by atomic mass is 10.1. The minimum Gasteiger partial charge on any atom is -0.493 e. The molecule has 0 N–H and O–H groups in total. The minimum atomic E-state index is -0.121. The zero-order valence-corrected chi connectivity index (χ0v) is 14.9. The van der Waals surface area contributed by atoms with Crippen molar-refractivity contribution >= 4 is 21.9 Å². The summed E-state index contributed by atoms with van der Waals surface area (Å²) in [7, 11) is 0. The van der Waals surface area contributed by atoms with Crippen LogP contribution in [0.1, 0.15) is 25.3 Å². The van der Waals surface area contributed by atoms with Crippen molar-refractivity contribution in [3.05, 3.63) is 28.2 Å². The van der Waals surface area contributed by atoms with Crippen molar-refractivity contribution in [1.29, 1.82) is 0 Å². The predicted molar refractivity (Wildman–Crippen MR) is 90.2 cm³/mol. The van der Waals surface area contributed by atoms with E-state index in [1.807, 2.05) is 25.1 Å². The SMILES string of the molecule is CCOC(=O)CN1CC[C@H](CCOc2cccc(Br)c2C)C1. The topological polar surface area (TPSA) is 38.8 Å². The van der Waals surface area contributed by atoms with Gasteiger partial charge in [0.25, 0.3) is 0 Å². The summed E-state index contributed by atoms with van der Waals surface area (Å²) >= 11 is 3.52. The molecule has 2 rings (SSSR count). The van der Waals surface area contributed by atoms with Crippen LogP contribution >= 0.6 is 15.9 Å². The van der Waals surface area contributed by atoms with E-state index in [2.05, 4.69) is 27.8 Å². The maximum absolute atomic E-state index is 11.5. The average molecular weight is 370 g/mol. The van der Waals surface area contributed by atoms with Gasteiger partial charge >= 0.3 is 5.97 Å². The van der Waals surface area contributed by atoms with Crippen LogP contribution in [0.4, 0.5) is 0 Å². The smallest absolute Gasteiger partial charge is 0.320 e. The van der Waals surface area contributed by atoms with Crippen molar-refractivity contribution < 1.29 is 14.3 Å². The lowest BCUT2D eigenvalue weighted by Gasteiger charge is -2.15. The van der Waals surface area contributed by atoms with Crippen molar-refractivity contribution in [1.82, 2.24) is 4.90 Å². The monoisotopic (exact) mass is 369 g/mol. The van der Waals surface area contributed by atoms with Crippen molar-refractivity contribution in [3.63, 3.8) is 0 Å². The molecule has 1 atom stereocenters. The molecule has 1 aromatic rings. The lowest BCUT2D eigenvalue weighted by Crippen LogP contribution is -2.29. The van der Waals surface area contributed by atoms with E-state index >= 15 is 0 Å². The van der Waals surface area contributed by atoms with Crippen molar-refractivity contribution in [2.24, 2.45) is 5.92 Å². The number of hydrogen-bond donors (Lipinski definition) is 0. The summed E-state index contributed by atoms with van der Waals surface area (Å²) < 4.78 is 12.0. The molecule has 0 unspecified atom stereocenters. The van der Waals surface area contributed by atoms with Crippen LogP contribution in [0.2, 0.25) is 0 Å². The summed E-state index contributed by atoms with van der Waals surface area (Å²) in [5.74, 6) is 1.42. The summed E-state index contributed by atoms with van der Waals surface area (Å²) in [5.41, 5.74) is 1.14. The van der Waals surface area contributed by atoms with E-state index in [0.717, 1.165) is 48.3 Å². The van der Waals surface area contributed by atoms with Crippen LogP contribution in [0, 0.1) is 12.8 Å². The molecule has 0 aromatic heterocycles. The summed E-state index contributed by atoms with van der Waals surface area (Å²) in [6.45, 7) is 7.40. The van der Waals surface area contributed by atoms with Gasteiger partial charge in [-0.15, -0.1) is 0 Å². The molecule has 1 heterocycles. The fraction of sp³-hybridized carbons (Fsp3) is 0.588. The normalized spacial score (nSPS) is 18.4. The molecule has 1 aliphatic rings. The molecule has 1 saturated heterocycles. The van der Waals surface area contributed by atoms with Gasteiger partial charge < -0.3 is 9.47 Å². The van der Waals surface area contributed by atoms with Crippen LogP contribution in [0.25, 0.3) is 0 Å². The van der Waals surface area contributed by atoms with Gasteiger partial charge in [-0.3, -0.25) is 9.69 Å². The Morgan fingerprint density at radius 2 is 2.27 bits per heavy atom. The van der Waals surface area contributed by atoms with Crippen LogP contribution in [-0.4, -0.2) is 43.7 Å². The standard InChI is InChI=1S/C17H24BrNO3/c1-3-21-17(20)12-19-9-7-14(11-19)8-10-22-16-6-4-5-15(18)13(16)2/h4-6,14H,3,7-12H2,1-2H3/t14-/m1/s1. The first kappa shape index (κ1) is 17.3. The average Bonchev–Trinajstić information content (AvgIpc) is 2.91.